The number of pyridine rings is 1. The lowest BCUT2D eigenvalue weighted by Crippen LogP contribution is -2.19. The van der Waals surface area contributed by atoms with Crippen molar-refractivity contribution >= 4 is 23.4 Å². The second-order valence-electron chi connectivity index (χ2n) is 4.47. The third kappa shape index (κ3) is 1.79. The van der Waals surface area contributed by atoms with E-state index in [1.54, 1.807) is 0 Å². The minimum atomic E-state index is 0.416. The molecule has 2 aromatic rings. The molecule has 0 spiro atoms. The molecular weight excluding hydrogens is 234 g/mol. The van der Waals surface area contributed by atoms with Crippen molar-refractivity contribution < 1.29 is 4.74 Å². The van der Waals surface area contributed by atoms with Gasteiger partial charge in [-0.1, -0.05) is 0 Å². The highest BCUT2D eigenvalue weighted by atomic mass is 32.1. The van der Waals surface area contributed by atoms with Crippen LogP contribution < -0.4 is 0 Å². The van der Waals surface area contributed by atoms with Gasteiger partial charge in [0.1, 0.15) is 0 Å². The second-order valence-corrected chi connectivity index (χ2v) is 4.86. The zero-order chi connectivity index (χ0) is 11.8. The molecule has 1 fully saturated rings. The van der Waals surface area contributed by atoms with E-state index >= 15 is 0 Å². The van der Waals surface area contributed by atoms with E-state index in [2.05, 4.69) is 21.5 Å². The van der Waals surface area contributed by atoms with Crippen molar-refractivity contribution in [3.05, 3.63) is 22.6 Å². The third-order valence-corrected chi connectivity index (χ3v) is 3.67. The number of aromatic amines is 1. The molecule has 17 heavy (non-hydrogen) atoms. The smallest absolute Gasteiger partial charge is 0.179 e. The zero-order valence-corrected chi connectivity index (χ0v) is 10.6. The lowest BCUT2D eigenvalue weighted by molar-refractivity contribution is 0.0701. The van der Waals surface area contributed by atoms with E-state index in [0.717, 1.165) is 42.0 Å². The predicted molar refractivity (Wildman–Crippen MR) is 68.7 cm³/mol. The Balaban J connectivity index is 2.18. The minimum absolute atomic E-state index is 0.416. The SMILES string of the molecule is Cc1ccnc2c1[nH]c(=S)n2C1CCOCC1. The van der Waals surface area contributed by atoms with Crippen molar-refractivity contribution in [2.75, 3.05) is 13.2 Å². The molecule has 0 radical (unpaired) electrons. The van der Waals surface area contributed by atoms with Crippen LogP contribution in [0.2, 0.25) is 0 Å². The van der Waals surface area contributed by atoms with Gasteiger partial charge in [0, 0.05) is 25.5 Å². The number of aryl methyl sites for hydroxylation is 1. The van der Waals surface area contributed by atoms with E-state index in [1.165, 1.54) is 5.56 Å². The molecule has 1 aliphatic rings. The first-order valence-corrected chi connectivity index (χ1v) is 6.32. The van der Waals surface area contributed by atoms with Gasteiger partial charge in [0.15, 0.2) is 10.4 Å². The highest BCUT2D eigenvalue weighted by molar-refractivity contribution is 7.71. The number of rotatable bonds is 1. The standard InChI is InChI=1S/C12H15N3OS/c1-8-2-5-13-11-10(8)14-12(17)15(11)9-3-6-16-7-4-9/h2,5,9H,3-4,6-7H2,1H3,(H,14,17). The summed E-state index contributed by atoms with van der Waals surface area (Å²) in [6.45, 7) is 3.69. The average molecular weight is 249 g/mol. The fourth-order valence-corrected chi connectivity index (χ4v) is 2.76. The monoisotopic (exact) mass is 249 g/mol. The largest absolute Gasteiger partial charge is 0.381 e. The summed E-state index contributed by atoms with van der Waals surface area (Å²) in [7, 11) is 0. The van der Waals surface area contributed by atoms with Crippen molar-refractivity contribution in [3.8, 4) is 0 Å². The highest BCUT2D eigenvalue weighted by Gasteiger charge is 2.19. The van der Waals surface area contributed by atoms with Gasteiger partial charge in [-0.2, -0.15) is 0 Å². The molecule has 1 N–H and O–H groups in total. The molecular formula is C12H15N3OS. The van der Waals surface area contributed by atoms with Crippen LogP contribution in [-0.4, -0.2) is 27.7 Å². The van der Waals surface area contributed by atoms with Crippen LogP contribution in [0, 0.1) is 11.7 Å². The van der Waals surface area contributed by atoms with Crippen LogP contribution >= 0.6 is 12.2 Å². The van der Waals surface area contributed by atoms with Crippen LogP contribution in [0.15, 0.2) is 12.3 Å². The summed E-state index contributed by atoms with van der Waals surface area (Å²) in [5.41, 5.74) is 3.22. The summed E-state index contributed by atoms with van der Waals surface area (Å²) in [5, 5.41) is 0. The average Bonchev–Trinajstić information content (AvgIpc) is 2.68. The molecule has 0 saturated carbocycles. The topological polar surface area (TPSA) is 42.8 Å². The fourth-order valence-electron chi connectivity index (χ4n) is 2.43. The fraction of sp³-hybridized carbons (Fsp3) is 0.500. The molecule has 2 aromatic heterocycles. The summed E-state index contributed by atoms with van der Waals surface area (Å²) >= 11 is 5.42. The van der Waals surface area contributed by atoms with E-state index in [1.807, 2.05) is 12.3 Å². The van der Waals surface area contributed by atoms with Crippen LogP contribution in [0.1, 0.15) is 24.4 Å². The number of hydrogen-bond donors (Lipinski definition) is 1. The first-order chi connectivity index (χ1) is 8.27. The molecule has 0 unspecified atom stereocenters. The number of aromatic nitrogens is 3. The molecule has 3 rings (SSSR count). The molecule has 1 aliphatic heterocycles. The van der Waals surface area contributed by atoms with Gasteiger partial charge in [0.2, 0.25) is 0 Å². The number of H-pyrrole nitrogens is 1. The highest BCUT2D eigenvalue weighted by Crippen LogP contribution is 2.26. The van der Waals surface area contributed by atoms with Crippen molar-refractivity contribution in [1.82, 2.24) is 14.5 Å². The maximum absolute atomic E-state index is 5.42. The molecule has 90 valence electrons. The number of fused-ring (bicyclic) bond motifs is 1. The number of nitrogens with one attached hydrogen (secondary N) is 1. The summed E-state index contributed by atoms with van der Waals surface area (Å²) < 4.78 is 8.32. The number of ether oxygens (including phenoxy) is 1. The summed E-state index contributed by atoms with van der Waals surface area (Å²) in [4.78, 5) is 7.73. The van der Waals surface area contributed by atoms with Crippen LogP contribution in [0.5, 0.6) is 0 Å². The van der Waals surface area contributed by atoms with Crippen LogP contribution in [-0.2, 0) is 4.74 Å². The van der Waals surface area contributed by atoms with Crippen molar-refractivity contribution in [3.63, 3.8) is 0 Å². The third-order valence-electron chi connectivity index (χ3n) is 3.37. The minimum Gasteiger partial charge on any atom is -0.381 e. The van der Waals surface area contributed by atoms with Gasteiger partial charge in [-0.05, 0) is 43.6 Å². The molecule has 0 bridgehead atoms. The number of imidazole rings is 1. The maximum Gasteiger partial charge on any atom is 0.179 e. The summed E-state index contributed by atoms with van der Waals surface area (Å²) in [5.74, 6) is 0. The molecule has 0 aromatic carbocycles. The van der Waals surface area contributed by atoms with Gasteiger partial charge in [-0.15, -0.1) is 0 Å². The first-order valence-electron chi connectivity index (χ1n) is 5.91. The molecule has 3 heterocycles. The molecule has 4 nitrogen and oxygen atoms in total. The van der Waals surface area contributed by atoms with Gasteiger partial charge in [0.05, 0.1) is 5.52 Å². The summed E-state index contributed by atoms with van der Waals surface area (Å²) in [6.07, 6.45) is 3.86. The first kappa shape index (κ1) is 10.9. The lowest BCUT2D eigenvalue weighted by atomic mass is 10.1. The molecule has 0 aliphatic carbocycles. The van der Waals surface area contributed by atoms with E-state index in [9.17, 15) is 0 Å². The Hall–Kier alpha value is -1.20. The van der Waals surface area contributed by atoms with Gasteiger partial charge in [-0.25, -0.2) is 4.98 Å². The molecule has 0 atom stereocenters. The number of nitrogens with zero attached hydrogens (tertiary/aromatic N) is 2. The van der Waals surface area contributed by atoms with Gasteiger partial charge in [0.25, 0.3) is 0 Å². The predicted octanol–water partition coefficient (Wildman–Crippen LogP) is 2.75. The Morgan fingerprint density at radius 2 is 2.24 bits per heavy atom. The summed E-state index contributed by atoms with van der Waals surface area (Å²) in [6, 6.07) is 2.42. The Morgan fingerprint density at radius 1 is 1.47 bits per heavy atom. The normalized spacial score (nSPS) is 17.7. The Morgan fingerprint density at radius 3 is 3.00 bits per heavy atom. The van der Waals surface area contributed by atoms with Crippen LogP contribution in [0.25, 0.3) is 11.2 Å². The van der Waals surface area contributed by atoms with E-state index in [4.69, 9.17) is 17.0 Å². The Bertz CT molecular complexity index is 595. The maximum atomic E-state index is 5.42. The molecule has 5 heteroatoms. The number of hydrogen-bond acceptors (Lipinski definition) is 3. The van der Waals surface area contributed by atoms with Gasteiger partial charge >= 0.3 is 0 Å². The molecule has 0 amide bonds. The Kier molecular flexibility index (Phi) is 2.72. The molecule has 1 saturated heterocycles. The zero-order valence-electron chi connectivity index (χ0n) is 9.77. The van der Waals surface area contributed by atoms with Crippen LogP contribution in [0.3, 0.4) is 0 Å². The van der Waals surface area contributed by atoms with Gasteiger partial charge < -0.3 is 9.72 Å². The van der Waals surface area contributed by atoms with Gasteiger partial charge in [-0.3, -0.25) is 4.57 Å². The second kappa shape index (κ2) is 4.23. The van der Waals surface area contributed by atoms with Crippen LogP contribution in [0.4, 0.5) is 0 Å². The Labute approximate surface area is 105 Å². The van der Waals surface area contributed by atoms with Crippen molar-refractivity contribution in [2.24, 2.45) is 0 Å². The lowest BCUT2D eigenvalue weighted by Gasteiger charge is -2.23. The van der Waals surface area contributed by atoms with E-state index < -0.39 is 0 Å². The quantitative estimate of drug-likeness (QED) is 0.790. The van der Waals surface area contributed by atoms with Crippen molar-refractivity contribution in [2.45, 2.75) is 25.8 Å². The van der Waals surface area contributed by atoms with E-state index in [0.29, 0.717) is 6.04 Å². The van der Waals surface area contributed by atoms with E-state index in [-0.39, 0.29) is 0 Å². The van der Waals surface area contributed by atoms with Crippen molar-refractivity contribution in [1.29, 1.82) is 0 Å².